The Kier molecular flexibility index (Phi) is 4.63. The van der Waals surface area contributed by atoms with E-state index >= 15 is 0 Å². The molecule has 2 heterocycles. The SMILES string of the molecule is CCc1nc2c[n+]([O-])c3ccccc3c2n1CC#Cc1cccc(C(F)(F)F)c1. The van der Waals surface area contributed by atoms with Crippen LogP contribution in [0.5, 0.6) is 0 Å². The molecular weight excluding hydrogens is 379 g/mol. The topological polar surface area (TPSA) is 44.8 Å². The molecule has 7 heteroatoms. The number of aromatic nitrogens is 3. The van der Waals surface area contributed by atoms with Gasteiger partial charge in [-0.15, -0.1) is 0 Å². The van der Waals surface area contributed by atoms with Crippen molar-refractivity contribution >= 4 is 21.9 Å². The van der Waals surface area contributed by atoms with Crippen molar-refractivity contribution in [2.45, 2.75) is 26.1 Å². The molecule has 0 unspecified atom stereocenters. The first-order valence-electron chi connectivity index (χ1n) is 9.04. The monoisotopic (exact) mass is 395 g/mol. The summed E-state index contributed by atoms with van der Waals surface area (Å²) in [5.41, 5.74) is 1.45. The molecule has 4 nitrogen and oxygen atoms in total. The molecule has 0 aliphatic carbocycles. The predicted molar refractivity (Wildman–Crippen MR) is 104 cm³/mol. The second-order valence-corrected chi connectivity index (χ2v) is 6.55. The van der Waals surface area contributed by atoms with E-state index in [9.17, 15) is 18.4 Å². The minimum absolute atomic E-state index is 0.253. The van der Waals surface area contributed by atoms with Crippen LogP contribution in [0.15, 0.2) is 54.7 Å². The highest BCUT2D eigenvalue weighted by atomic mass is 19.4. The summed E-state index contributed by atoms with van der Waals surface area (Å²) in [6, 6.07) is 12.2. The van der Waals surface area contributed by atoms with Crippen molar-refractivity contribution in [2.75, 3.05) is 0 Å². The van der Waals surface area contributed by atoms with E-state index in [0.717, 1.165) is 33.6 Å². The first kappa shape index (κ1) is 18.8. The number of aryl methyl sites for hydroxylation is 1. The second-order valence-electron chi connectivity index (χ2n) is 6.55. The van der Waals surface area contributed by atoms with Gasteiger partial charge in [-0.25, -0.2) is 4.98 Å². The molecule has 0 saturated carbocycles. The van der Waals surface area contributed by atoms with Crippen LogP contribution in [0.25, 0.3) is 21.9 Å². The summed E-state index contributed by atoms with van der Waals surface area (Å²) in [5, 5.41) is 13.0. The van der Waals surface area contributed by atoms with E-state index in [1.165, 1.54) is 12.3 Å². The molecule has 0 aliphatic rings. The highest BCUT2D eigenvalue weighted by Crippen LogP contribution is 2.29. The zero-order chi connectivity index (χ0) is 20.6. The van der Waals surface area contributed by atoms with Crippen molar-refractivity contribution in [3.05, 3.63) is 76.9 Å². The molecule has 0 atom stereocenters. The molecule has 0 fully saturated rings. The van der Waals surface area contributed by atoms with Gasteiger partial charge in [0, 0.05) is 18.1 Å². The first-order chi connectivity index (χ1) is 13.9. The van der Waals surface area contributed by atoms with Crippen molar-refractivity contribution in [1.82, 2.24) is 9.55 Å². The minimum Gasteiger partial charge on any atom is -0.618 e. The molecule has 0 aliphatic heterocycles. The van der Waals surface area contributed by atoms with Crippen molar-refractivity contribution in [3.63, 3.8) is 0 Å². The molecule has 0 radical (unpaired) electrons. The maximum Gasteiger partial charge on any atom is 0.416 e. The fourth-order valence-electron chi connectivity index (χ4n) is 3.37. The van der Waals surface area contributed by atoms with Crippen LogP contribution in [-0.2, 0) is 19.1 Å². The average molecular weight is 395 g/mol. The van der Waals surface area contributed by atoms with Crippen LogP contribution in [-0.4, -0.2) is 9.55 Å². The number of benzene rings is 2. The Labute approximate surface area is 164 Å². The second kappa shape index (κ2) is 7.13. The lowest BCUT2D eigenvalue weighted by Gasteiger charge is -2.07. The Hall–Kier alpha value is -3.53. The number of hydrogen-bond acceptors (Lipinski definition) is 2. The maximum absolute atomic E-state index is 12.9. The zero-order valence-corrected chi connectivity index (χ0v) is 15.5. The van der Waals surface area contributed by atoms with Crippen LogP contribution in [0, 0.1) is 17.0 Å². The number of nitrogens with zero attached hydrogens (tertiary/aromatic N) is 3. The smallest absolute Gasteiger partial charge is 0.416 e. The fraction of sp³-hybridized carbons (Fsp3) is 0.182. The zero-order valence-electron chi connectivity index (χ0n) is 15.5. The van der Waals surface area contributed by atoms with E-state index in [-0.39, 0.29) is 6.54 Å². The van der Waals surface area contributed by atoms with Gasteiger partial charge in [0.05, 0.1) is 23.0 Å². The molecule has 146 valence electrons. The summed E-state index contributed by atoms with van der Waals surface area (Å²) in [7, 11) is 0. The summed E-state index contributed by atoms with van der Waals surface area (Å²) in [4.78, 5) is 4.54. The molecule has 2 aromatic heterocycles. The Morgan fingerprint density at radius 3 is 2.69 bits per heavy atom. The summed E-state index contributed by atoms with van der Waals surface area (Å²) < 4.78 is 41.3. The number of alkyl halides is 3. The number of halogens is 3. The quantitative estimate of drug-likeness (QED) is 0.286. The van der Waals surface area contributed by atoms with E-state index in [0.29, 0.717) is 23.0 Å². The first-order valence-corrected chi connectivity index (χ1v) is 9.04. The Balaban J connectivity index is 1.78. The number of para-hydroxylation sites is 1. The van der Waals surface area contributed by atoms with E-state index in [2.05, 4.69) is 16.8 Å². The average Bonchev–Trinajstić information content (AvgIpc) is 3.05. The lowest BCUT2D eigenvalue weighted by atomic mass is 10.1. The number of rotatable bonds is 2. The fourth-order valence-corrected chi connectivity index (χ4v) is 3.37. The maximum atomic E-state index is 12.9. The van der Waals surface area contributed by atoms with E-state index in [4.69, 9.17) is 0 Å². The van der Waals surface area contributed by atoms with E-state index < -0.39 is 11.7 Å². The van der Waals surface area contributed by atoms with Crippen LogP contribution in [0.4, 0.5) is 13.2 Å². The highest BCUT2D eigenvalue weighted by molar-refractivity contribution is 6.00. The van der Waals surface area contributed by atoms with Crippen molar-refractivity contribution < 1.29 is 17.9 Å². The number of fused-ring (bicyclic) bond motifs is 3. The van der Waals surface area contributed by atoms with Gasteiger partial charge in [0.25, 0.3) is 0 Å². The Morgan fingerprint density at radius 1 is 1.14 bits per heavy atom. The largest absolute Gasteiger partial charge is 0.618 e. The number of pyridine rings is 1. The van der Waals surface area contributed by atoms with Gasteiger partial charge in [-0.3, -0.25) is 0 Å². The lowest BCUT2D eigenvalue weighted by Crippen LogP contribution is -2.26. The summed E-state index contributed by atoms with van der Waals surface area (Å²) in [6.45, 7) is 2.20. The van der Waals surface area contributed by atoms with Crippen LogP contribution < -0.4 is 4.73 Å². The van der Waals surface area contributed by atoms with Crippen LogP contribution >= 0.6 is 0 Å². The number of hydrogen-bond donors (Lipinski definition) is 0. The highest BCUT2D eigenvalue weighted by Gasteiger charge is 2.30. The van der Waals surface area contributed by atoms with E-state index in [1.807, 2.05) is 23.6 Å². The van der Waals surface area contributed by atoms with Crippen LogP contribution in [0.3, 0.4) is 0 Å². The van der Waals surface area contributed by atoms with Gasteiger partial charge < -0.3 is 9.77 Å². The molecular formula is C22H16F3N3O. The summed E-state index contributed by atoms with van der Waals surface area (Å²) in [6.07, 6.45) is -2.33. The minimum atomic E-state index is -4.40. The van der Waals surface area contributed by atoms with Crippen molar-refractivity contribution in [1.29, 1.82) is 0 Å². The van der Waals surface area contributed by atoms with Crippen molar-refractivity contribution in [3.8, 4) is 11.8 Å². The van der Waals surface area contributed by atoms with Crippen molar-refractivity contribution in [2.24, 2.45) is 0 Å². The van der Waals surface area contributed by atoms with Gasteiger partial charge in [-0.1, -0.05) is 37.0 Å². The molecule has 0 saturated heterocycles. The van der Waals surface area contributed by atoms with Crippen LogP contribution in [0.2, 0.25) is 0 Å². The van der Waals surface area contributed by atoms with Gasteiger partial charge in [0.15, 0.2) is 5.52 Å². The molecule has 4 aromatic rings. The Morgan fingerprint density at radius 2 is 1.93 bits per heavy atom. The third-order valence-corrected chi connectivity index (χ3v) is 4.69. The standard InChI is InChI=1S/C22H16F3N3O/c1-2-20-26-18-14-28(29)19-11-4-3-10-17(19)21(18)27(20)12-6-8-15-7-5-9-16(13-15)22(23,24)25/h3-5,7,9-11,13-14H,2,12H2,1H3. The third kappa shape index (κ3) is 3.49. The van der Waals surface area contributed by atoms with Gasteiger partial charge >= 0.3 is 6.18 Å². The van der Waals surface area contributed by atoms with Gasteiger partial charge in [-0.2, -0.15) is 17.9 Å². The third-order valence-electron chi connectivity index (χ3n) is 4.69. The molecule has 0 amide bonds. The number of imidazole rings is 1. The van der Waals surface area contributed by atoms with Gasteiger partial charge in [-0.05, 0) is 24.3 Å². The predicted octanol–water partition coefficient (Wildman–Crippen LogP) is 4.46. The van der Waals surface area contributed by atoms with Gasteiger partial charge in [0.1, 0.15) is 5.82 Å². The lowest BCUT2D eigenvalue weighted by molar-refractivity contribution is -0.575. The molecule has 29 heavy (non-hydrogen) atoms. The summed E-state index contributed by atoms with van der Waals surface area (Å²) >= 11 is 0. The molecule has 0 bridgehead atoms. The Bertz CT molecular complexity index is 1280. The molecule has 4 rings (SSSR count). The summed E-state index contributed by atoms with van der Waals surface area (Å²) in [5.74, 6) is 6.51. The molecule has 0 N–H and O–H groups in total. The van der Waals surface area contributed by atoms with E-state index in [1.54, 1.807) is 18.2 Å². The van der Waals surface area contributed by atoms with Gasteiger partial charge in [0.2, 0.25) is 11.7 Å². The van der Waals surface area contributed by atoms with Crippen LogP contribution in [0.1, 0.15) is 23.9 Å². The molecule has 0 spiro atoms. The normalized spacial score (nSPS) is 11.6. The molecule has 2 aromatic carbocycles.